The highest BCUT2D eigenvalue weighted by Gasteiger charge is 2.14. The zero-order valence-electron chi connectivity index (χ0n) is 12.2. The molecule has 1 fully saturated rings. The smallest absolute Gasteiger partial charge is 0.0802 e. The molecule has 0 spiro atoms. The van der Waals surface area contributed by atoms with Gasteiger partial charge in [-0.05, 0) is 42.9 Å². The van der Waals surface area contributed by atoms with Gasteiger partial charge in [0.15, 0.2) is 0 Å². The van der Waals surface area contributed by atoms with Gasteiger partial charge >= 0.3 is 0 Å². The van der Waals surface area contributed by atoms with E-state index in [9.17, 15) is 5.11 Å². The van der Waals surface area contributed by atoms with E-state index in [0.29, 0.717) is 12.0 Å². The summed E-state index contributed by atoms with van der Waals surface area (Å²) < 4.78 is 0. The fourth-order valence-electron chi connectivity index (χ4n) is 2.82. The molecule has 2 N–H and O–H groups in total. The number of aliphatic hydroxyl groups excluding tert-OH is 1. The van der Waals surface area contributed by atoms with E-state index < -0.39 is 0 Å². The Morgan fingerprint density at radius 1 is 1.11 bits per heavy atom. The molecule has 2 heteroatoms. The third-order valence-corrected chi connectivity index (χ3v) is 4.19. The van der Waals surface area contributed by atoms with Gasteiger partial charge in [0.1, 0.15) is 0 Å². The Morgan fingerprint density at radius 3 is 2.26 bits per heavy atom. The zero-order chi connectivity index (χ0) is 13.7. The summed E-state index contributed by atoms with van der Waals surface area (Å²) in [6.07, 6.45) is 5.79. The topological polar surface area (TPSA) is 32.3 Å². The van der Waals surface area contributed by atoms with E-state index in [1.54, 1.807) is 0 Å². The van der Waals surface area contributed by atoms with Crippen LogP contribution in [0.25, 0.3) is 0 Å². The number of hydrogen-bond donors (Lipinski definition) is 2. The zero-order valence-corrected chi connectivity index (χ0v) is 12.2. The minimum absolute atomic E-state index is 0.338. The lowest BCUT2D eigenvalue weighted by atomic mass is 9.99. The first-order chi connectivity index (χ1) is 9.16. The van der Waals surface area contributed by atoms with Crippen molar-refractivity contribution in [2.45, 2.75) is 64.0 Å². The van der Waals surface area contributed by atoms with Gasteiger partial charge in [-0.25, -0.2) is 0 Å². The molecular formula is C17H27NO. The average Bonchev–Trinajstić information content (AvgIpc) is 2.92. The normalized spacial score (nSPS) is 18.1. The van der Waals surface area contributed by atoms with Crippen LogP contribution < -0.4 is 5.32 Å². The van der Waals surface area contributed by atoms with Crippen molar-refractivity contribution in [1.82, 2.24) is 5.32 Å². The highest BCUT2D eigenvalue weighted by molar-refractivity contribution is 5.26. The van der Waals surface area contributed by atoms with Crippen molar-refractivity contribution in [3.8, 4) is 0 Å². The first kappa shape index (κ1) is 14.5. The maximum atomic E-state index is 10.2. The summed E-state index contributed by atoms with van der Waals surface area (Å²) in [6.45, 7) is 5.30. The largest absolute Gasteiger partial charge is 0.388 e. The van der Waals surface area contributed by atoms with Crippen molar-refractivity contribution in [2.24, 2.45) is 0 Å². The molecule has 0 radical (unpaired) electrons. The molecule has 2 nitrogen and oxygen atoms in total. The van der Waals surface area contributed by atoms with Crippen LogP contribution in [0.4, 0.5) is 0 Å². The predicted octanol–water partition coefficient (Wildman–Crippen LogP) is 3.77. The van der Waals surface area contributed by atoms with E-state index in [-0.39, 0.29) is 6.10 Å². The minimum Gasteiger partial charge on any atom is -0.388 e. The molecule has 19 heavy (non-hydrogen) atoms. The Labute approximate surface area is 117 Å². The first-order valence-corrected chi connectivity index (χ1v) is 7.68. The van der Waals surface area contributed by atoms with Crippen molar-refractivity contribution in [1.29, 1.82) is 0 Å². The van der Waals surface area contributed by atoms with Gasteiger partial charge in [0.05, 0.1) is 6.10 Å². The number of hydrogen-bond acceptors (Lipinski definition) is 2. The molecule has 1 aromatic rings. The van der Waals surface area contributed by atoms with Crippen LogP contribution >= 0.6 is 0 Å². The van der Waals surface area contributed by atoms with E-state index in [0.717, 1.165) is 18.5 Å². The third kappa shape index (κ3) is 4.32. The summed E-state index contributed by atoms with van der Waals surface area (Å²) in [5.41, 5.74) is 2.37. The van der Waals surface area contributed by atoms with E-state index in [1.165, 1.54) is 31.2 Å². The van der Waals surface area contributed by atoms with Crippen LogP contribution in [-0.4, -0.2) is 17.7 Å². The van der Waals surface area contributed by atoms with Crippen LogP contribution in [0.3, 0.4) is 0 Å². The van der Waals surface area contributed by atoms with Gasteiger partial charge < -0.3 is 10.4 Å². The molecule has 0 aliphatic heterocycles. The van der Waals surface area contributed by atoms with Gasteiger partial charge in [0.2, 0.25) is 0 Å². The lowest BCUT2D eigenvalue weighted by molar-refractivity contribution is 0.165. The van der Waals surface area contributed by atoms with Gasteiger partial charge in [-0.3, -0.25) is 0 Å². The molecule has 1 atom stereocenters. The molecule has 0 amide bonds. The van der Waals surface area contributed by atoms with Crippen molar-refractivity contribution >= 4 is 0 Å². The lowest BCUT2D eigenvalue weighted by Crippen LogP contribution is -2.27. The maximum absolute atomic E-state index is 10.2. The van der Waals surface area contributed by atoms with Crippen LogP contribution in [0.15, 0.2) is 24.3 Å². The summed E-state index contributed by atoms with van der Waals surface area (Å²) in [7, 11) is 0. The number of rotatable bonds is 6. The molecule has 1 aliphatic carbocycles. The average molecular weight is 261 g/mol. The second kappa shape index (κ2) is 7.06. The van der Waals surface area contributed by atoms with E-state index in [1.807, 2.05) is 0 Å². The quantitative estimate of drug-likeness (QED) is 0.817. The first-order valence-electron chi connectivity index (χ1n) is 7.68. The molecule has 106 valence electrons. The van der Waals surface area contributed by atoms with Crippen LogP contribution in [0.2, 0.25) is 0 Å². The van der Waals surface area contributed by atoms with Crippen molar-refractivity contribution in [3.63, 3.8) is 0 Å². The molecule has 0 heterocycles. The molecule has 0 aromatic heterocycles. The van der Waals surface area contributed by atoms with E-state index in [2.05, 4.69) is 43.4 Å². The Balaban J connectivity index is 1.76. The van der Waals surface area contributed by atoms with Crippen LogP contribution in [0.5, 0.6) is 0 Å². The van der Waals surface area contributed by atoms with Crippen molar-refractivity contribution in [3.05, 3.63) is 35.4 Å². The second-order valence-corrected chi connectivity index (χ2v) is 6.06. The monoisotopic (exact) mass is 261 g/mol. The molecule has 1 aliphatic rings. The molecule has 1 aromatic carbocycles. The molecule has 0 bridgehead atoms. The second-order valence-electron chi connectivity index (χ2n) is 6.06. The molecular weight excluding hydrogens is 234 g/mol. The van der Waals surface area contributed by atoms with Crippen LogP contribution in [0.1, 0.15) is 69.1 Å². The summed E-state index contributed by atoms with van der Waals surface area (Å²) in [4.78, 5) is 0. The van der Waals surface area contributed by atoms with Gasteiger partial charge in [-0.1, -0.05) is 51.0 Å². The van der Waals surface area contributed by atoms with Gasteiger partial charge in [0, 0.05) is 6.04 Å². The molecule has 1 saturated carbocycles. The van der Waals surface area contributed by atoms with E-state index in [4.69, 9.17) is 0 Å². The Hall–Kier alpha value is -0.860. The lowest BCUT2D eigenvalue weighted by Gasteiger charge is -2.15. The van der Waals surface area contributed by atoms with Gasteiger partial charge in [-0.15, -0.1) is 0 Å². The summed E-state index contributed by atoms with van der Waals surface area (Å²) in [6, 6.07) is 9.09. The van der Waals surface area contributed by atoms with Gasteiger partial charge in [-0.2, -0.15) is 0 Å². The fraction of sp³-hybridized carbons (Fsp3) is 0.647. The number of aliphatic hydroxyl groups is 1. The fourth-order valence-corrected chi connectivity index (χ4v) is 2.82. The summed E-state index contributed by atoms with van der Waals surface area (Å²) in [5.74, 6) is 0.551. The Morgan fingerprint density at radius 2 is 1.68 bits per heavy atom. The SMILES string of the molecule is CC(C)c1ccc(C(O)CCNC2CCCC2)cc1. The number of nitrogens with one attached hydrogen (secondary N) is 1. The van der Waals surface area contributed by atoms with Crippen molar-refractivity contribution < 1.29 is 5.11 Å². The van der Waals surface area contributed by atoms with Crippen LogP contribution in [0, 0.1) is 0 Å². The molecule has 0 saturated heterocycles. The highest BCUT2D eigenvalue weighted by Crippen LogP contribution is 2.21. The van der Waals surface area contributed by atoms with Crippen LogP contribution in [-0.2, 0) is 0 Å². The highest BCUT2D eigenvalue weighted by atomic mass is 16.3. The van der Waals surface area contributed by atoms with Gasteiger partial charge in [0.25, 0.3) is 0 Å². The minimum atomic E-state index is -0.338. The molecule has 2 rings (SSSR count). The standard InChI is InChI=1S/C17H27NO/c1-13(2)14-7-9-15(10-8-14)17(19)11-12-18-16-5-3-4-6-16/h7-10,13,16-19H,3-6,11-12H2,1-2H3. The van der Waals surface area contributed by atoms with E-state index >= 15 is 0 Å². The molecule has 1 unspecified atom stereocenters. The number of benzene rings is 1. The predicted molar refractivity (Wildman–Crippen MR) is 80.4 cm³/mol. The summed E-state index contributed by atoms with van der Waals surface area (Å²) >= 11 is 0. The van der Waals surface area contributed by atoms with Crippen molar-refractivity contribution in [2.75, 3.05) is 6.54 Å². The maximum Gasteiger partial charge on any atom is 0.0802 e. The third-order valence-electron chi connectivity index (χ3n) is 4.19. The summed E-state index contributed by atoms with van der Waals surface area (Å²) in [5, 5.41) is 13.7. The Bertz CT molecular complexity index is 365. The Kier molecular flexibility index (Phi) is 5.41.